The number of hydrogen-bond acceptors (Lipinski definition) is 3. The zero-order valence-electron chi connectivity index (χ0n) is 9.09. The van der Waals surface area contributed by atoms with E-state index >= 15 is 0 Å². The van der Waals surface area contributed by atoms with E-state index in [9.17, 15) is 4.79 Å². The number of carbonyl (C=O) groups excluding carboxylic acids is 1. The Bertz CT molecular complexity index is 171. The standard InChI is InChI=1S/C8H19NO3Si/c1-6-7-9(8(2)10)13(5,11-3)12-4/h6-7H2,1-5H3. The highest BCUT2D eigenvalue weighted by atomic mass is 28.4. The van der Waals surface area contributed by atoms with Gasteiger partial charge in [-0.15, -0.1) is 0 Å². The van der Waals surface area contributed by atoms with E-state index in [1.165, 1.54) is 0 Å². The lowest BCUT2D eigenvalue weighted by Crippen LogP contribution is -2.57. The van der Waals surface area contributed by atoms with Crippen LogP contribution in [0.15, 0.2) is 0 Å². The molecule has 0 aromatic heterocycles. The molecule has 5 heteroatoms. The molecule has 78 valence electrons. The number of rotatable bonds is 5. The summed E-state index contributed by atoms with van der Waals surface area (Å²) in [6.07, 6.45) is 0.912. The summed E-state index contributed by atoms with van der Waals surface area (Å²) in [5, 5.41) is 0. The summed E-state index contributed by atoms with van der Waals surface area (Å²) in [4.78, 5) is 11.3. The Hall–Kier alpha value is -0.393. The molecule has 0 aromatic carbocycles. The van der Waals surface area contributed by atoms with Gasteiger partial charge in [0.1, 0.15) is 0 Å². The highest BCUT2D eigenvalue weighted by molar-refractivity contribution is 6.65. The summed E-state index contributed by atoms with van der Waals surface area (Å²) in [7, 11) is 0.742. The van der Waals surface area contributed by atoms with Crippen LogP contribution in [0.2, 0.25) is 6.55 Å². The molecule has 0 aliphatic carbocycles. The lowest BCUT2D eigenvalue weighted by Gasteiger charge is -2.34. The minimum atomic E-state index is -2.43. The Morgan fingerprint density at radius 2 is 1.85 bits per heavy atom. The van der Waals surface area contributed by atoms with Gasteiger partial charge in [0.15, 0.2) is 0 Å². The molecule has 0 N–H and O–H groups in total. The van der Waals surface area contributed by atoms with E-state index in [1.54, 1.807) is 25.7 Å². The zero-order valence-corrected chi connectivity index (χ0v) is 10.1. The summed E-state index contributed by atoms with van der Waals surface area (Å²) in [5.74, 6) is 0.0136. The van der Waals surface area contributed by atoms with Gasteiger partial charge in [0.2, 0.25) is 5.91 Å². The second-order valence-electron chi connectivity index (χ2n) is 2.98. The van der Waals surface area contributed by atoms with Crippen LogP contribution < -0.4 is 0 Å². The van der Waals surface area contributed by atoms with Gasteiger partial charge in [0.05, 0.1) is 0 Å². The van der Waals surface area contributed by atoms with Gasteiger partial charge in [-0.2, -0.15) is 0 Å². The zero-order chi connectivity index (χ0) is 10.5. The van der Waals surface area contributed by atoms with E-state index in [1.807, 2.05) is 13.5 Å². The van der Waals surface area contributed by atoms with Crippen molar-refractivity contribution in [3.05, 3.63) is 0 Å². The third-order valence-corrected chi connectivity index (χ3v) is 5.11. The summed E-state index contributed by atoms with van der Waals surface area (Å²) in [6, 6.07) is 0. The van der Waals surface area contributed by atoms with Gasteiger partial charge in [-0.3, -0.25) is 4.79 Å². The monoisotopic (exact) mass is 205 g/mol. The van der Waals surface area contributed by atoms with Crippen molar-refractivity contribution in [2.24, 2.45) is 0 Å². The van der Waals surface area contributed by atoms with Crippen LogP contribution in [-0.4, -0.2) is 40.0 Å². The number of hydrogen-bond donors (Lipinski definition) is 0. The Morgan fingerprint density at radius 1 is 1.38 bits per heavy atom. The minimum Gasteiger partial charge on any atom is -0.382 e. The normalized spacial score (nSPS) is 11.5. The Morgan fingerprint density at radius 3 is 2.08 bits per heavy atom. The molecule has 0 unspecified atom stereocenters. The molecule has 0 saturated carbocycles. The highest BCUT2D eigenvalue weighted by Gasteiger charge is 2.39. The summed E-state index contributed by atoms with van der Waals surface area (Å²) >= 11 is 0. The van der Waals surface area contributed by atoms with Crippen molar-refractivity contribution in [1.82, 2.24) is 4.57 Å². The molecule has 0 heterocycles. The van der Waals surface area contributed by atoms with Crippen LogP contribution in [0.5, 0.6) is 0 Å². The molecule has 4 nitrogen and oxygen atoms in total. The predicted octanol–water partition coefficient (Wildman–Crippen LogP) is 1.11. The van der Waals surface area contributed by atoms with E-state index in [0.29, 0.717) is 6.54 Å². The average Bonchev–Trinajstić information content (AvgIpc) is 2.12. The molecule has 0 bridgehead atoms. The largest absolute Gasteiger partial charge is 0.457 e. The maximum atomic E-state index is 11.3. The van der Waals surface area contributed by atoms with Crippen LogP contribution >= 0.6 is 0 Å². The van der Waals surface area contributed by atoms with Crippen LogP contribution in [0.4, 0.5) is 0 Å². The molecule has 0 spiro atoms. The molecule has 0 aromatic rings. The lowest BCUT2D eigenvalue weighted by atomic mass is 10.5. The summed E-state index contributed by atoms with van der Waals surface area (Å²) in [6.45, 7) is 6.12. The van der Waals surface area contributed by atoms with E-state index in [4.69, 9.17) is 8.85 Å². The molecule has 0 radical (unpaired) electrons. The first-order valence-electron chi connectivity index (χ1n) is 4.40. The highest BCUT2D eigenvalue weighted by Crippen LogP contribution is 2.12. The van der Waals surface area contributed by atoms with Crippen LogP contribution in [0.3, 0.4) is 0 Å². The van der Waals surface area contributed by atoms with Crippen molar-refractivity contribution < 1.29 is 13.6 Å². The van der Waals surface area contributed by atoms with E-state index < -0.39 is 8.72 Å². The molecule has 0 aliphatic rings. The molecule has 0 atom stereocenters. The minimum absolute atomic E-state index is 0.0136. The van der Waals surface area contributed by atoms with E-state index in [-0.39, 0.29) is 5.91 Å². The SMILES string of the molecule is CCCN(C(C)=O)[Si](C)(OC)OC. The van der Waals surface area contributed by atoms with Gasteiger partial charge in [-0.25, -0.2) is 0 Å². The predicted molar refractivity (Wildman–Crippen MR) is 53.3 cm³/mol. The fourth-order valence-corrected chi connectivity index (χ4v) is 2.98. The first-order chi connectivity index (χ1) is 6.01. The van der Waals surface area contributed by atoms with Gasteiger partial charge in [0.25, 0.3) is 0 Å². The second kappa shape index (κ2) is 5.36. The third kappa shape index (κ3) is 3.09. The van der Waals surface area contributed by atoms with Gasteiger partial charge < -0.3 is 13.4 Å². The Balaban J connectivity index is 4.58. The van der Waals surface area contributed by atoms with Gasteiger partial charge in [-0.05, 0) is 13.0 Å². The fourth-order valence-electron chi connectivity index (χ4n) is 1.17. The van der Waals surface area contributed by atoms with Crippen molar-refractivity contribution >= 4 is 14.6 Å². The third-order valence-electron chi connectivity index (χ3n) is 2.08. The number of carbonyl (C=O) groups is 1. The van der Waals surface area contributed by atoms with E-state index in [2.05, 4.69) is 0 Å². The summed E-state index contributed by atoms with van der Waals surface area (Å²) in [5.41, 5.74) is 0. The molecule has 0 saturated heterocycles. The topological polar surface area (TPSA) is 38.8 Å². The van der Waals surface area contributed by atoms with Gasteiger partial charge in [-0.1, -0.05) is 6.92 Å². The molecule has 13 heavy (non-hydrogen) atoms. The molecule has 1 amide bonds. The fraction of sp³-hybridized carbons (Fsp3) is 0.875. The lowest BCUT2D eigenvalue weighted by molar-refractivity contribution is -0.126. The smallest absolute Gasteiger partial charge is 0.382 e. The van der Waals surface area contributed by atoms with Crippen molar-refractivity contribution in [3.8, 4) is 0 Å². The van der Waals surface area contributed by atoms with Crippen LogP contribution in [0.1, 0.15) is 20.3 Å². The molecular formula is C8H19NO3Si. The second-order valence-corrected chi connectivity index (χ2v) is 6.13. The average molecular weight is 205 g/mol. The van der Waals surface area contributed by atoms with Gasteiger partial charge >= 0.3 is 8.72 Å². The van der Waals surface area contributed by atoms with Crippen molar-refractivity contribution in [2.45, 2.75) is 26.8 Å². The Kier molecular flexibility index (Phi) is 5.20. The number of amides is 1. The molecule has 0 aliphatic heterocycles. The maximum Gasteiger partial charge on any atom is 0.457 e. The van der Waals surface area contributed by atoms with Crippen molar-refractivity contribution in [1.29, 1.82) is 0 Å². The van der Waals surface area contributed by atoms with Gasteiger partial charge in [0, 0.05) is 27.7 Å². The molecule has 0 fully saturated rings. The molecule has 0 rings (SSSR count). The van der Waals surface area contributed by atoms with Crippen LogP contribution in [-0.2, 0) is 13.6 Å². The molecular weight excluding hydrogens is 186 g/mol. The van der Waals surface area contributed by atoms with E-state index in [0.717, 1.165) is 6.42 Å². The number of nitrogens with zero attached hydrogens (tertiary/aromatic N) is 1. The first-order valence-corrected chi connectivity index (χ1v) is 6.66. The first kappa shape index (κ1) is 12.6. The Labute approximate surface area is 81.1 Å². The van der Waals surface area contributed by atoms with Crippen LogP contribution in [0, 0.1) is 0 Å². The van der Waals surface area contributed by atoms with Crippen LogP contribution in [0.25, 0.3) is 0 Å². The van der Waals surface area contributed by atoms with Crippen molar-refractivity contribution in [3.63, 3.8) is 0 Å². The summed E-state index contributed by atoms with van der Waals surface area (Å²) < 4.78 is 12.3. The quantitative estimate of drug-likeness (QED) is 0.631. The maximum absolute atomic E-state index is 11.3. The van der Waals surface area contributed by atoms with Crippen molar-refractivity contribution in [2.75, 3.05) is 20.8 Å².